The predicted octanol–water partition coefficient (Wildman–Crippen LogP) is 5.27. The summed E-state index contributed by atoms with van der Waals surface area (Å²) >= 11 is 0. The molecule has 1 aromatic heterocycles. The Morgan fingerprint density at radius 1 is 1.06 bits per heavy atom. The molecule has 0 N–H and O–H groups in total. The largest absolute Gasteiger partial charge is 0.495 e. The number of para-hydroxylation sites is 3. The summed E-state index contributed by atoms with van der Waals surface area (Å²) in [4.78, 5) is 33.6. The second kappa shape index (κ2) is 10.9. The Morgan fingerprint density at radius 3 is 2.47 bits per heavy atom. The van der Waals surface area contributed by atoms with E-state index in [0.29, 0.717) is 41.1 Å². The van der Waals surface area contributed by atoms with E-state index in [4.69, 9.17) is 9.72 Å². The zero-order valence-electron chi connectivity index (χ0n) is 19.5. The lowest BCUT2D eigenvalue weighted by atomic mass is 10.1. The molecule has 0 radical (unpaired) electrons. The van der Waals surface area contributed by atoms with E-state index in [-0.39, 0.29) is 17.5 Å². The van der Waals surface area contributed by atoms with Crippen LogP contribution in [-0.4, -0.2) is 34.0 Å². The highest BCUT2D eigenvalue weighted by Crippen LogP contribution is 2.28. The van der Waals surface area contributed by atoms with E-state index >= 15 is 0 Å². The van der Waals surface area contributed by atoms with Gasteiger partial charge in [-0.05, 0) is 44.0 Å². The summed E-state index contributed by atoms with van der Waals surface area (Å²) < 4.78 is 7.17. The standard InChI is InChI=1S/C26H33N3O3/c1-5-7-17-24(30)28(18-8-6-2)19(3)25-27-21-14-10-9-13-20(21)26(31)29(25)22-15-11-12-16-23(22)32-4/h9-16,19H,5-8,17-18H2,1-4H3. The number of nitrogens with zero attached hydrogens (tertiary/aromatic N) is 3. The van der Waals surface area contributed by atoms with Gasteiger partial charge in [0, 0.05) is 13.0 Å². The molecule has 3 aromatic rings. The van der Waals surface area contributed by atoms with Crippen LogP contribution in [0.5, 0.6) is 5.75 Å². The first kappa shape index (κ1) is 23.5. The quantitative estimate of drug-likeness (QED) is 0.435. The minimum atomic E-state index is -0.367. The van der Waals surface area contributed by atoms with E-state index in [0.717, 1.165) is 25.7 Å². The van der Waals surface area contributed by atoms with Crippen LogP contribution in [0, 0.1) is 0 Å². The van der Waals surface area contributed by atoms with Crippen LogP contribution in [0.3, 0.4) is 0 Å². The molecule has 3 rings (SSSR count). The summed E-state index contributed by atoms with van der Waals surface area (Å²) in [6.45, 7) is 6.78. The van der Waals surface area contributed by atoms with Gasteiger partial charge >= 0.3 is 0 Å². The number of methoxy groups -OCH3 is 1. The summed E-state index contributed by atoms with van der Waals surface area (Å²) in [5, 5.41) is 0.534. The number of hydrogen-bond acceptors (Lipinski definition) is 4. The van der Waals surface area contributed by atoms with Crippen LogP contribution in [0.15, 0.2) is 53.3 Å². The Bertz CT molecular complexity index is 1120. The number of carbonyl (C=O) groups is 1. The number of carbonyl (C=O) groups excluding carboxylic acids is 1. The van der Waals surface area contributed by atoms with Crippen molar-refractivity contribution in [2.75, 3.05) is 13.7 Å². The molecule has 0 saturated heterocycles. The predicted molar refractivity (Wildman–Crippen MR) is 128 cm³/mol. The smallest absolute Gasteiger partial charge is 0.266 e. The van der Waals surface area contributed by atoms with Crippen LogP contribution >= 0.6 is 0 Å². The fraction of sp³-hybridized carbons (Fsp3) is 0.423. The van der Waals surface area contributed by atoms with Crippen molar-refractivity contribution in [2.45, 2.75) is 58.9 Å². The average Bonchev–Trinajstić information content (AvgIpc) is 2.82. The molecular formula is C26H33N3O3. The van der Waals surface area contributed by atoms with Crippen molar-refractivity contribution in [2.24, 2.45) is 0 Å². The van der Waals surface area contributed by atoms with Crippen LogP contribution in [0.25, 0.3) is 16.6 Å². The maximum atomic E-state index is 13.7. The second-order valence-corrected chi connectivity index (χ2v) is 8.02. The molecule has 0 saturated carbocycles. The van der Waals surface area contributed by atoms with Crippen molar-refractivity contribution < 1.29 is 9.53 Å². The van der Waals surface area contributed by atoms with Crippen LogP contribution in [-0.2, 0) is 4.79 Å². The van der Waals surface area contributed by atoms with E-state index in [9.17, 15) is 9.59 Å². The van der Waals surface area contributed by atoms with E-state index < -0.39 is 0 Å². The Morgan fingerprint density at radius 2 is 1.75 bits per heavy atom. The molecule has 1 amide bonds. The number of ether oxygens (including phenoxy) is 1. The minimum Gasteiger partial charge on any atom is -0.495 e. The van der Waals surface area contributed by atoms with Gasteiger partial charge < -0.3 is 9.64 Å². The van der Waals surface area contributed by atoms with Gasteiger partial charge in [0.25, 0.3) is 5.56 Å². The maximum absolute atomic E-state index is 13.7. The Kier molecular flexibility index (Phi) is 8.03. The molecule has 170 valence electrons. The van der Waals surface area contributed by atoms with Crippen molar-refractivity contribution in [3.8, 4) is 11.4 Å². The van der Waals surface area contributed by atoms with Gasteiger partial charge in [-0.3, -0.25) is 14.2 Å². The first-order valence-electron chi connectivity index (χ1n) is 11.5. The molecule has 2 aromatic carbocycles. The lowest BCUT2D eigenvalue weighted by Crippen LogP contribution is -2.38. The van der Waals surface area contributed by atoms with Gasteiger partial charge in [-0.15, -0.1) is 0 Å². The number of rotatable bonds is 10. The molecule has 32 heavy (non-hydrogen) atoms. The maximum Gasteiger partial charge on any atom is 0.266 e. The lowest BCUT2D eigenvalue weighted by Gasteiger charge is -2.31. The first-order valence-corrected chi connectivity index (χ1v) is 11.5. The summed E-state index contributed by atoms with van der Waals surface area (Å²) in [7, 11) is 1.59. The molecular weight excluding hydrogens is 402 g/mol. The van der Waals surface area contributed by atoms with Gasteiger partial charge in [0.15, 0.2) is 0 Å². The molecule has 1 atom stereocenters. The molecule has 0 aliphatic rings. The number of fused-ring (bicyclic) bond motifs is 1. The molecule has 0 spiro atoms. The molecule has 1 heterocycles. The number of unbranched alkanes of at least 4 members (excludes halogenated alkanes) is 2. The SMILES string of the molecule is CCCCC(=O)N(CCCC)C(C)c1nc2ccccc2c(=O)n1-c1ccccc1OC. The van der Waals surface area contributed by atoms with Gasteiger partial charge in [-0.2, -0.15) is 0 Å². The number of amides is 1. The first-order chi connectivity index (χ1) is 15.5. The minimum absolute atomic E-state index is 0.0989. The zero-order chi connectivity index (χ0) is 23.1. The normalized spacial score (nSPS) is 12.0. The summed E-state index contributed by atoms with van der Waals surface area (Å²) in [5.41, 5.74) is 1.08. The Labute approximate surface area is 189 Å². The van der Waals surface area contributed by atoms with Crippen LogP contribution < -0.4 is 10.3 Å². The molecule has 0 aliphatic heterocycles. The fourth-order valence-corrected chi connectivity index (χ4v) is 3.95. The summed E-state index contributed by atoms with van der Waals surface area (Å²) in [6.07, 6.45) is 4.18. The highest BCUT2D eigenvalue weighted by atomic mass is 16.5. The summed E-state index contributed by atoms with van der Waals surface area (Å²) in [5.74, 6) is 1.22. The van der Waals surface area contributed by atoms with Gasteiger partial charge in [-0.25, -0.2) is 4.98 Å². The zero-order valence-corrected chi connectivity index (χ0v) is 19.5. The molecule has 6 heteroatoms. The van der Waals surface area contributed by atoms with Crippen LogP contribution in [0.2, 0.25) is 0 Å². The summed E-state index contributed by atoms with van der Waals surface area (Å²) in [6, 6.07) is 14.4. The van der Waals surface area contributed by atoms with Gasteiger partial charge in [0.05, 0.1) is 29.7 Å². The third kappa shape index (κ3) is 4.85. The number of hydrogen-bond donors (Lipinski definition) is 0. The lowest BCUT2D eigenvalue weighted by molar-refractivity contribution is -0.133. The Hall–Kier alpha value is -3.15. The second-order valence-electron chi connectivity index (χ2n) is 8.02. The van der Waals surface area contributed by atoms with Crippen molar-refractivity contribution in [1.82, 2.24) is 14.5 Å². The van der Waals surface area contributed by atoms with Crippen molar-refractivity contribution in [1.29, 1.82) is 0 Å². The van der Waals surface area contributed by atoms with Crippen LogP contribution in [0.1, 0.15) is 64.7 Å². The molecule has 0 fully saturated rings. The fourth-order valence-electron chi connectivity index (χ4n) is 3.95. The molecule has 0 bridgehead atoms. The van der Waals surface area contributed by atoms with E-state index in [1.54, 1.807) is 17.7 Å². The molecule has 1 unspecified atom stereocenters. The number of benzene rings is 2. The monoisotopic (exact) mass is 435 g/mol. The average molecular weight is 436 g/mol. The topological polar surface area (TPSA) is 64.4 Å². The number of aromatic nitrogens is 2. The third-order valence-corrected chi connectivity index (χ3v) is 5.79. The van der Waals surface area contributed by atoms with Crippen molar-refractivity contribution >= 4 is 16.8 Å². The van der Waals surface area contributed by atoms with Crippen LogP contribution in [0.4, 0.5) is 0 Å². The van der Waals surface area contributed by atoms with E-state index in [1.165, 1.54) is 0 Å². The van der Waals surface area contributed by atoms with Gasteiger partial charge in [0.2, 0.25) is 5.91 Å². The van der Waals surface area contributed by atoms with Crippen molar-refractivity contribution in [3.63, 3.8) is 0 Å². The highest BCUT2D eigenvalue weighted by Gasteiger charge is 2.27. The van der Waals surface area contributed by atoms with E-state index in [2.05, 4.69) is 13.8 Å². The molecule has 0 aliphatic carbocycles. The third-order valence-electron chi connectivity index (χ3n) is 5.79. The van der Waals surface area contributed by atoms with Gasteiger partial charge in [0.1, 0.15) is 11.6 Å². The van der Waals surface area contributed by atoms with Crippen molar-refractivity contribution in [3.05, 3.63) is 64.7 Å². The highest BCUT2D eigenvalue weighted by molar-refractivity contribution is 5.79. The van der Waals surface area contributed by atoms with Gasteiger partial charge in [-0.1, -0.05) is 51.0 Å². The Balaban J connectivity index is 2.23. The molecule has 6 nitrogen and oxygen atoms in total. The van der Waals surface area contributed by atoms with E-state index in [1.807, 2.05) is 54.3 Å².